The molecule has 9 heteroatoms. The largest absolute Gasteiger partial charge is 0.366 e. The second kappa shape index (κ2) is 7.07. The first kappa shape index (κ1) is 18.0. The molecule has 9 nitrogen and oxygen atoms in total. The molecule has 2 aromatic heterocycles. The molecular formula is C20H22N6O3. The van der Waals surface area contributed by atoms with Crippen LogP contribution in [0.5, 0.6) is 0 Å². The first-order valence-electron chi connectivity index (χ1n) is 9.85. The van der Waals surface area contributed by atoms with Crippen molar-refractivity contribution in [1.29, 1.82) is 0 Å². The number of para-hydroxylation sites is 1. The van der Waals surface area contributed by atoms with Gasteiger partial charge < -0.3 is 14.2 Å². The van der Waals surface area contributed by atoms with Crippen molar-refractivity contribution in [2.24, 2.45) is 13.0 Å². The smallest absolute Gasteiger partial charge is 0.242 e. The first-order valence-corrected chi connectivity index (χ1v) is 9.85. The standard InChI is InChI=1S/C20H22N6O3/c1-24-22-20(21-23-24)17-11-25(8-9-29-17)18(27)12-26-10-15(19(28)13-6-7-13)14-4-2-3-5-16(14)26/h2-5,10,13,17H,6-9,11-12H2,1H3. The zero-order valence-corrected chi connectivity index (χ0v) is 16.2. The highest BCUT2D eigenvalue weighted by atomic mass is 16.5. The molecule has 150 valence electrons. The maximum absolute atomic E-state index is 13.0. The van der Waals surface area contributed by atoms with Gasteiger partial charge in [0.25, 0.3) is 0 Å². The average molecular weight is 394 g/mol. The van der Waals surface area contributed by atoms with E-state index in [1.807, 2.05) is 35.0 Å². The summed E-state index contributed by atoms with van der Waals surface area (Å²) < 4.78 is 7.61. The normalized spacial score (nSPS) is 19.6. The highest BCUT2D eigenvalue weighted by molar-refractivity contribution is 6.10. The minimum absolute atomic E-state index is 0.0200. The number of rotatable bonds is 5. The predicted molar refractivity (Wildman–Crippen MR) is 103 cm³/mol. The molecule has 0 bridgehead atoms. The topological polar surface area (TPSA) is 95.1 Å². The van der Waals surface area contributed by atoms with Crippen LogP contribution >= 0.6 is 0 Å². The summed E-state index contributed by atoms with van der Waals surface area (Å²) in [6.07, 6.45) is 3.38. The molecule has 1 aliphatic heterocycles. The van der Waals surface area contributed by atoms with Gasteiger partial charge in [-0.1, -0.05) is 18.2 Å². The highest BCUT2D eigenvalue weighted by Gasteiger charge is 2.33. The Labute approximate surface area is 167 Å². The van der Waals surface area contributed by atoms with E-state index in [1.165, 1.54) is 4.80 Å². The van der Waals surface area contributed by atoms with Crippen LogP contribution in [0.25, 0.3) is 10.9 Å². The molecule has 1 unspecified atom stereocenters. The molecule has 0 radical (unpaired) electrons. The lowest BCUT2D eigenvalue weighted by Crippen LogP contribution is -2.43. The minimum atomic E-state index is -0.380. The summed E-state index contributed by atoms with van der Waals surface area (Å²) in [6, 6.07) is 7.77. The fourth-order valence-electron chi connectivity index (χ4n) is 3.84. The highest BCUT2D eigenvalue weighted by Crippen LogP contribution is 2.35. The number of aromatic nitrogens is 5. The third kappa shape index (κ3) is 3.42. The fraction of sp³-hybridized carbons (Fsp3) is 0.450. The molecule has 29 heavy (non-hydrogen) atoms. The Kier molecular flexibility index (Phi) is 4.39. The van der Waals surface area contributed by atoms with E-state index in [0.29, 0.717) is 25.5 Å². The van der Waals surface area contributed by atoms with Crippen LogP contribution in [0.2, 0.25) is 0 Å². The summed E-state index contributed by atoms with van der Waals surface area (Å²) in [7, 11) is 1.69. The van der Waals surface area contributed by atoms with Gasteiger partial charge in [-0.2, -0.15) is 4.80 Å². The van der Waals surface area contributed by atoms with Crippen molar-refractivity contribution >= 4 is 22.6 Å². The molecule has 1 atom stereocenters. The SMILES string of the molecule is Cn1nnc(C2CN(C(=O)Cn3cc(C(=O)C4CC4)c4ccccc43)CCO2)n1. The minimum Gasteiger partial charge on any atom is -0.366 e. The Morgan fingerprint density at radius 3 is 2.83 bits per heavy atom. The number of fused-ring (bicyclic) bond motifs is 1. The summed E-state index contributed by atoms with van der Waals surface area (Å²) in [6.45, 7) is 1.51. The monoisotopic (exact) mass is 394 g/mol. The van der Waals surface area contributed by atoms with Crippen molar-refractivity contribution in [2.45, 2.75) is 25.5 Å². The van der Waals surface area contributed by atoms with Crippen molar-refractivity contribution in [3.63, 3.8) is 0 Å². The van der Waals surface area contributed by atoms with Crippen LogP contribution in [-0.4, -0.2) is 61.1 Å². The molecule has 5 rings (SSSR count). The van der Waals surface area contributed by atoms with E-state index >= 15 is 0 Å². The lowest BCUT2D eigenvalue weighted by molar-refractivity contribution is -0.139. The molecule has 0 spiro atoms. The molecule has 1 saturated heterocycles. The lowest BCUT2D eigenvalue weighted by atomic mass is 10.1. The number of ether oxygens (including phenoxy) is 1. The number of morpholine rings is 1. The Hall–Kier alpha value is -3.07. The number of hydrogen-bond donors (Lipinski definition) is 0. The van der Waals surface area contributed by atoms with Crippen LogP contribution in [0.3, 0.4) is 0 Å². The average Bonchev–Trinajstić information content (AvgIpc) is 3.41. The number of benzene rings is 1. The number of hydrogen-bond acceptors (Lipinski definition) is 6. The number of carbonyl (C=O) groups excluding carboxylic acids is 2. The Balaban J connectivity index is 1.36. The van der Waals surface area contributed by atoms with Gasteiger partial charge in [-0.25, -0.2) is 0 Å². The zero-order valence-electron chi connectivity index (χ0n) is 16.2. The summed E-state index contributed by atoms with van der Waals surface area (Å²) >= 11 is 0. The maximum Gasteiger partial charge on any atom is 0.242 e. The van der Waals surface area contributed by atoms with E-state index in [9.17, 15) is 9.59 Å². The van der Waals surface area contributed by atoms with Crippen molar-refractivity contribution < 1.29 is 14.3 Å². The van der Waals surface area contributed by atoms with Gasteiger partial charge in [0.2, 0.25) is 11.7 Å². The molecule has 1 saturated carbocycles. The van der Waals surface area contributed by atoms with E-state index in [0.717, 1.165) is 29.3 Å². The second-order valence-electron chi connectivity index (χ2n) is 7.66. The quantitative estimate of drug-likeness (QED) is 0.607. The van der Waals surface area contributed by atoms with Gasteiger partial charge in [-0.15, -0.1) is 10.2 Å². The molecular weight excluding hydrogens is 372 g/mol. The van der Waals surface area contributed by atoms with Gasteiger partial charge in [-0.05, 0) is 24.1 Å². The van der Waals surface area contributed by atoms with Crippen molar-refractivity contribution in [2.75, 3.05) is 19.7 Å². The number of amides is 1. The number of aryl methyl sites for hydroxylation is 1. The number of Topliss-reactive ketones (excluding diaryl/α,β-unsaturated/α-hetero) is 1. The van der Waals surface area contributed by atoms with Gasteiger partial charge in [0.15, 0.2) is 5.78 Å². The van der Waals surface area contributed by atoms with E-state index in [1.54, 1.807) is 11.9 Å². The Morgan fingerprint density at radius 1 is 1.24 bits per heavy atom. The van der Waals surface area contributed by atoms with Crippen LogP contribution in [0.1, 0.15) is 35.1 Å². The molecule has 2 aliphatic rings. The van der Waals surface area contributed by atoms with Gasteiger partial charge in [0.1, 0.15) is 12.6 Å². The van der Waals surface area contributed by atoms with Crippen LogP contribution in [0.15, 0.2) is 30.5 Å². The zero-order chi connectivity index (χ0) is 20.0. The van der Waals surface area contributed by atoms with Crippen LogP contribution in [-0.2, 0) is 23.1 Å². The number of ketones is 1. The van der Waals surface area contributed by atoms with Crippen molar-refractivity contribution in [1.82, 2.24) is 29.7 Å². The molecule has 3 heterocycles. The van der Waals surface area contributed by atoms with Crippen LogP contribution < -0.4 is 0 Å². The fourth-order valence-corrected chi connectivity index (χ4v) is 3.84. The number of tetrazole rings is 1. The second-order valence-corrected chi connectivity index (χ2v) is 7.66. The van der Waals surface area contributed by atoms with Gasteiger partial charge in [0, 0.05) is 35.1 Å². The maximum atomic E-state index is 13.0. The van der Waals surface area contributed by atoms with Crippen LogP contribution in [0, 0.1) is 5.92 Å². The molecule has 1 aromatic carbocycles. The van der Waals surface area contributed by atoms with E-state index in [2.05, 4.69) is 15.4 Å². The predicted octanol–water partition coefficient (Wildman–Crippen LogP) is 1.36. The number of carbonyl (C=O) groups is 2. The van der Waals surface area contributed by atoms with Gasteiger partial charge in [-0.3, -0.25) is 9.59 Å². The third-order valence-corrected chi connectivity index (χ3v) is 5.54. The van der Waals surface area contributed by atoms with E-state index in [-0.39, 0.29) is 30.3 Å². The molecule has 3 aromatic rings. The summed E-state index contributed by atoms with van der Waals surface area (Å²) in [4.78, 5) is 28.8. The molecule has 0 N–H and O–H groups in total. The molecule has 1 amide bonds. The first-order chi connectivity index (χ1) is 14.1. The van der Waals surface area contributed by atoms with Gasteiger partial charge in [0.05, 0.1) is 20.2 Å². The Morgan fingerprint density at radius 2 is 2.07 bits per heavy atom. The Bertz CT molecular complexity index is 1080. The summed E-state index contributed by atoms with van der Waals surface area (Å²) in [5.41, 5.74) is 1.63. The van der Waals surface area contributed by atoms with E-state index < -0.39 is 0 Å². The summed E-state index contributed by atoms with van der Waals surface area (Å²) in [5, 5.41) is 12.9. The van der Waals surface area contributed by atoms with E-state index in [4.69, 9.17) is 4.74 Å². The number of nitrogens with zero attached hydrogens (tertiary/aromatic N) is 6. The van der Waals surface area contributed by atoms with Crippen molar-refractivity contribution in [3.8, 4) is 0 Å². The van der Waals surface area contributed by atoms with Gasteiger partial charge >= 0.3 is 0 Å². The van der Waals surface area contributed by atoms with Crippen molar-refractivity contribution in [3.05, 3.63) is 41.9 Å². The third-order valence-electron chi connectivity index (χ3n) is 5.54. The lowest BCUT2D eigenvalue weighted by Gasteiger charge is -2.31. The summed E-state index contributed by atoms with van der Waals surface area (Å²) in [5.74, 6) is 0.791. The molecule has 2 fully saturated rings. The molecule has 1 aliphatic carbocycles. The van der Waals surface area contributed by atoms with Crippen LogP contribution in [0.4, 0.5) is 0 Å².